The largest absolute Gasteiger partial charge is 0.325 e. The molecule has 2 rings (SSSR count). The number of hydrogen-bond donors (Lipinski definition) is 1. The number of carbonyl (C=O) groups excluding carboxylic acids is 2. The fourth-order valence-electron chi connectivity index (χ4n) is 2.48. The molecule has 1 N–H and O–H groups in total. The number of urea groups is 1. The van der Waals surface area contributed by atoms with Gasteiger partial charge in [-0.1, -0.05) is 43.1 Å². The lowest BCUT2D eigenvalue weighted by Gasteiger charge is -2.22. The van der Waals surface area contributed by atoms with Crippen molar-refractivity contribution in [3.8, 4) is 0 Å². The van der Waals surface area contributed by atoms with Crippen molar-refractivity contribution in [1.29, 1.82) is 0 Å². The molecular weight excluding hydrogens is 323 g/mol. The molecule has 1 saturated heterocycles. The van der Waals surface area contributed by atoms with Gasteiger partial charge >= 0.3 is 6.03 Å². The summed E-state index contributed by atoms with van der Waals surface area (Å²) in [6.07, 6.45) is 1.48. The van der Waals surface area contributed by atoms with Crippen LogP contribution < -0.4 is 5.32 Å². The first-order valence-corrected chi connectivity index (χ1v) is 8.07. The SMILES string of the molecule is CC(C)CC[C@@]1(C)NC(=O)N(Cc2c(Cl)cccc2Cl)C1=O. The first-order chi connectivity index (χ1) is 10.2. The van der Waals surface area contributed by atoms with Crippen LogP contribution in [0.3, 0.4) is 0 Å². The van der Waals surface area contributed by atoms with Gasteiger partial charge in [0.05, 0.1) is 6.54 Å². The number of halogens is 2. The number of nitrogens with one attached hydrogen (secondary N) is 1. The van der Waals surface area contributed by atoms with Gasteiger partial charge in [-0.15, -0.1) is 0 Å². The van der Waals surface area contributed by atoms with Gasteiger partial charge in [0.15, 0.2) is 0 Å². The van der Waals surface area contributed by atoms with Crippen molar-refractivity contribution < 1.29 is 9.59 Å². The summed E-state index contributed by atoms with van der Waals surface area (Å²) in [4.78, 5) is 26.0. The zero-order valence-electron chi connectivity index (χ0n) is 13.0. The molecule has 0 spiro atoms. The minimum absolute atomic E-state index is 0.0838. The predicted octanol–water partition coefficient (Wildman–Crippen LogP) is 4.24. The first-order valence-electron chi connectivity index (χ1n) is 7.31. The number of hydrogen-bond acceptors (Lipinski definition) is 2. The Labute approximate surface area is 140 Å². The van der Waals surface area contributed by atoms with Gasteiger partial charge < -0.3 is 5.32 Å². The van der Waals surface area contributed by atoms with Gasteiger partial charge in [-0.05, 0) is 37.8 Å². The maximum atomic E-state index is 12.6. The number of imide groups is 1. The summed E-state index contributed by atoms with van der Waals surface area (Å²) in [7, 11) is 0. The van der Waals surface area contributed by atoms with E-state index in [1.54, 1.807) is 25.1 Å². The summed E-state index contributed by atoms with van der Waals surface area (Å²) in [5.74, 6) is 0.239. The molecule has 0 bridgehead atoms. The van der Waals surface area contributed by atoms with Crippen molar-refractivity contribution >= 4 is 35.1 Å². The molecule has 1 atom stereocenters. The summed E-state index contributed by atoms with van der Waals surface area (Å²) >= 11 is 12.2. The fourth-order valence-corrected chi connectivity index (χ4v) is 3.00. The van der Waals surface area contributed by atoms with Crippen LogP contribution in [0.15, 0.2) is 18.2 Å². The predicted molar refractivity (Wildman–Crippen MR) is 88.0 cm³/mol. The average Bonchev–Trinajstić information content (AvgIpc) is 2.64. The molecule has 0 aliphatic carbocycles. The van der Waals surface area contributed by atoms with Gasteiger partial charge in [0.25, 0.3) is 5.91 Å². The highest BCUT2D eigenvalue weighted by Gasteiger charge is 2.47. The Morgan fingerprint density at radius 1 is 1.23 bits per heavy atom. The van der Waals surface area contributed by atoms with Crippen LogP contribution in [-0.4, -0.2) is 22.4 Å². The van der Waals surface area contributed by atoms with Crippen molar-refractivity contribution in [1.82, 2.24) is 10.2 Å². The molecule has 1 aromatic rings. The van der Waals surface area contributed by atoms with Crippen LogP contribution in [0.1, 0.15) is 39.2 Å². The molecule has 4 nitrogen and oxygen atoms in total. The molecular formula is C16H20Cl2N2O2. The van der Waals surface area contributed by atoms with E-state index in [2.05, 4.69) is 19.2 Å². The fraction of sp³-hybridized carbons (Fsp3) is 0.500. The van der Waals surface area contributed by atoms with E-state index in [-0.39, 0.29) is 12.5 Å². The van der Waals surface area contributed by atoms with Crippen LogP contribution in [0.25, 0.3) is 0 Å². The Morgan fingerprint density at radius 2 is 1.82 bits per heavy atom. The maximum Gasteiger partial charge on any atom is 0.325 e. The summed E-state index contributed by atoms with van der Waals surface area (Å²) in [5.41, 5.74) is -0.267. The lowest BCUT2D eigenvalue weighted by molar-refractivity contribution is -0.131. The van der Waals surface area contributed by atoms with Crippen molar-refractivity contribution in [2.45, 2.75) is 45.7 Å². The molecule has 0 unspecified atom stereocenters. The molecule has 6 heteroatoms. The maximum absolute atomic E-state index is 12.6. The second kappa shape index (κ2) is 6.47. The molecule has 1 fully saturated rings. The third kappa shape index (κ3) is 3.39. The normalized spacial score (nSPS) is 21.6. The molecule has 1 heterocycles. The quantitative estimate of drug-likeness (QED) is 0.813. The number of benzene rings is 1. The molecule has 120 valence electrons. The van der Waals surface area contributed by atoms with Crippen molar-refractivity contribution in [2.24, 2.45) is 5.92 Å². The minimum atomic E-state index is -0.852. The summed E-state index contributed by atoms with van der Waals surface area (Å²) in [6, 6.07) is 4.72. The van der Waals surface area contributed by atoms with Crippen LogP contribution in [0, 0.1) is 5.92 Å². The topological polar surface area (TPSA) is 49.4 Å². The zero-order chi connectivity index (χ0) is 16.5. The summed E-state index contributed by atoms with van der Waals surface area (Å²) in [5, 5.41) is 3.69. The zero-order valence-corrected chi connectivity index (χ0v) is 14.5. The van der Waals surface area contributed by atoms with E-state index < -0.39 is 11.6 Å². The molecule has 1 aliphatic rings. The number of carbonyl (C=O) groups is 2. The monoisotopic (exact) mass is 342 g/mol. The van der Waals surface area contributed by atoms with Gasteiger partial charge in [0, 0.05) is 15.6 Å². The highest BCUT2D eigenvalue weighted by Crippen LogP contribution is 2.30. The second-order valence-corrected chi connectivity index (χ2v) is 7.10. The third-order valence-electron chi connectivity index (χ3n) is 3.94. The number of amides is 3. The molecule has 0 aromatic heterocycles. The highest BCUT2D eigenvalue weighted by atomic mass is 35.5. The number of nitrogens with zero attached hydrogens (tertiary/aromatic N) is 1. The molecule has 1 aromatic carbocycles. The van der Waals surface area contributed by atoms with E-state index >= 15 is 0 Å². The van der Waals surface area contributed by atoms with E-state index in [0.717, 1.165) is 6.42 Å². The van der Waals surface area contributed by atoms with Crippen LogP contribution >= 0.6 is 23.2 Å². The van der Waals surface area contributed by atoms with Gasteiger partial charge in [0.2, 0.25) is 0 Å². The van der Waals surface area contributed by atoms with E-state index in [1.807, 2.05) is 0 Å². The van der Waals surface area contributed by atoms with Crippen LogP contribution in [0.5, 0.6) is 0 Å². The average molecular weight is 343 g/mol. The highest BCUT2D eigenvalue weighted by molar-refractivity contribution is 6.36. The first kappa shape index (κ1) is 17.1. The summed E-state index contributed by atoms with van der Waals surface area (Å²) < 4.78 is 0. The third-order valence-corrected chi connectivity index (χ3v) is 4.65. The van der Waals surface area contributed by atoms with Crippen molar-refractivity contribution in [3.05, 3.63) is 33.8 Å². The van der Waals surface area contributed by atoms with E-state index in [1.165, 1.54) is 4.90 Å². The van der Waals surface area contributed by atoms with E-state index in [0.29, 0.717) is 27.9 Å². The molecule has 0 radical (unpaired) electrons. The number of rotatable bonds is 5. The van der Waals surface area contributed by atoms with E-state index in [4.69, 9.17) is 23.2 Å². The molecule has 3 amide bonds. The van der Waals surface area contributed by atoms with Crippen molar-refractivity contribution in [2.75, 3.05) is 0 Å². The molecule has 22 heavy (non-hydrogen) atoms. The Bertz CT molecular complexity index is 584. The van der Waals surface area contributed by atoms with Crippen LogP contribution in [0.4, 0.5) is 4.79 Å². The lowest BCUT2D eigenvalue weighted by Crippen LogP contribution is -2.44. The Kier molecular flexibility index (Phi) is 5.03. The molecule has 1 aliphatic heterocycles. The van der Waals surface area contributed by atoms with Gasteiger partial charge in [0.1, 0.15) is 5.54 Å². The van der Waals surface area contributed by atoms with Crippen LogP contribution in [0.2, 0.25) is 10.0 Å². The minimum Gasteiger partial charge on any atom is -0.323 e. The van der Waals surface area contributed by atoms with Gasteiger partial charge in [-0.3, -0.25) is 9.69 Å². The van der Waals surface area contributed by atoms with E-state index in [9.17, 15) is 9.59 Å². The Morgan fingerprint density at radius 3 is 2.36 bits per heavy atom. The molecule has 0 saturated carbocycles. The standard InChI is InChI=1S/C16H20Cl2N2O2/c1-10(2)7-8-16(3)14(21)20(15(22)19-16)9-11-12(17)5-4-6-13(11)18/h4-6,10H,7-9H2,1-3H3,(H,19,22)/t16-/m1/s1. The lowest BCUT2D eigenvalue weighted by atomic mass is 9.92. The Hall–Kier alpha value is -1.26. The van der Waals surface area contributed by atoms with Crippen LogP contribution in [-0.2, 0) is 11.3 Å². The summed E-state index contributed by atoms with van der Waals surface area (Å²) in [6.45, 7) is 6.03. The van der Waals surface area contributed by atoms with Gasteiger partial charge in [-0.25, -0.2) is 4.79 Å². The second-order valence-electron chi connectivity index (χ2n) is 6.29. The Balaban J connectivity index is 2.19. The van der Waals surface area contributed by atoms with Gasteiger partial charge in [-0.2, -0.15) is 0 Å². The van der Waals surface area contributed by atoms with Crippen molar-refractivity contribution in [3.63, 3.8) is 0 Å². The smallest absolute Gasteiger partial charge is 0.323 e.